The summed E-state index contributed by atoms with van der Waals surface area (Å²) in [6.45, 7) is 3.52. The number of carbonyl (C=O) groups is 1. The van der Waals surface area contributed by atoms with Crippen molar-refractivity contribution in [1.82, 2.24) is 4.90 Å². The van der Waals surface area contributed by atoms with Crippen LogP contribution in [0, 0.1) is 0 Å². The average molecular weight is 388 g/mol. The Morgan fingerprint density at radius 1 is 1.04 bits per heavy atom. The zero-order valence-electron chi connectivity index (χ0n) is 14.1. The number of halogens is 1. The van der Waals surface area contributed by atoms with Crippen LogP contribution in [0.5, 0.6) is 0 Å². The molecule has 0 saturated carbocycles. The number of hydrogen-bond acceptors (Lipinski definition) is 3. The van der Waals surface area contributed by atoms with Crippen molar-refractivity contribution in [1.29, 1.82) is 0 Å². The predicted molar refractivity (Wildman–Crippen MR) is 103 cm³/mol. The molecule has 0 radical (unpaired) electrons. The molecular weight excluding hydrogens is 366 g/mol. The molecule has 1 amide bonds. The van der Waals surface area contributed by atoms with Crippen LogP contribution in [-0.2, 0) is 0 Å². The Morgan fingerprint density at radius 2 is 1.71 bits per heavy atom. The van der Waals surface area contributed by atoms with E-state index in [4.69, 9.17) is 0 Å². The van der Waals surface area contributed by atoms with Crippen molar-refractivity contribution in [2.75, 3.05) is 50.1 Å². The van der Waals surface area contributed by atoms with Crippen molar-refractivity contribution in [3.05, 3.63) is 58.6 Å². The van der Waals surface area contributed by atoms with E-state index in [0.29, 0.717) is 6.54 Å². The van der Waals surface area contributed by atoms with Crippen LogP contribution in [0.4, 0.5) is 11.4 Å². The zero-order chi connectivity index (χ0) is 17.1. The molecule has 0 bridgehead atoms. The highest BCUT2D eigenvalue weighted by atomic mass is 79.9. The van der Waals surface area contributed by atoms with Gasteiger partial charge < -0.3 is 14.7 Å². The second kappa shape index (κ2) is 7.36. The molecule has 0 saturated heterocycles. The Bertz CT molecular complexity index is 715. The molecule has 0 unspecified atom stereocenters. The van der Waals surface area contributed by atoms with E-state index >= 15 is 0 Å². The lowest BCUT2D eigenvalue weighted by Gasteiger charge is -2.38. The molecule has 4 nitrogen and oxygen atoms in total. The van der Waals surface area contributed by atoms with Crippen LogP contribution >= 0.6 is 15.9 Å². The molecule has 0 fully saturated rings. The van der Waals surface area contributed by atoms with Crippen LogP contribution in [0.25, 0.3) is 0 Å². The fraction of sp³-hybridized carbons (Fsp3) is 0.316. The second-order valence-corrected chi connectivity index (χ2v) is 7.16. The fourth-order valence-electron chi connectivity index (χ4n) is 2.93. The molecule has 1 aliphatic heterocycles. The van der Waals surface area contributed by atoms with Gasteiger partial charge in [0.2, 0.25) is 0 Å². The Labute approximate surface area is 151 Å². The lowest BCUT2D eigenvalue weighted by Crippen LogP contribution is -2.45. The molecule has 126 valence electrons. The maximum absolute atomic E-state index is 12.9. The SMILES string of the molecule is CN(C)CCN1CCN(C(=O)c2ccc(Br)cc2)c2ccccc21. The number of carbonyl (C=O) groups excluding carboxylic acids is 1. The molecule has 24 heavy (non-hydrogen) atoms. The minimum Gasteiger partial charge on any atom is -0.367 e. The molecule has 0 aliphatic carbocycles. The third-order valence-corrected chi connectivity index (χ3v) is 4.79. The summed E-state index contributed by atoms with van der Waals surface area (Å²) in [6, 6.07) is 15.7. The van der Waals surface area contributed by atoms with Crippen molar-refractivity contribution in [2.45, 2.75) is 0 Å². The number of anilines is 2. The minimum atomic E-state index is 0.0576. The van der Waals surface area contributed by atoms with Gasteiger partial charge in [-0.3, -0.25) is 4.79 Å². The van der Waals surface area contributed by atoms with Gasteiger partial charge in [0.25, 0.3) is 5.91 Å². The number of amides is 1. The smallest absolute Gasteiger partial charge is 0.258 e. The van der Waals surface area contributed by atoms with Gasteiger partial charge in [0.15, 0.2) is 0 Å². The monoisotopic (exact) mass is 387 g/mol. The Kier molecular flexibility index (Phi) is 5.21. The molecule has 1 heterocycles. The minimum absolute atomic E-state index is 0.0576. The van der Waals surface area contributed by atoms with E-state index in [1.165, 1.54) is 0 Å². The van der Waals surface area contributed by atoms with Crippen LogP contribution in [-0.4, -0.2) is 51.1 Å². The van der Waals surface area contributed by atoms with E-state index in [0.717, 1.165) is 41.0 Å². The Morgan fingerprint density at radius 3 is 2.38 bits per heavy atom. The lowest BCUT2D eigenvalue weighted by atomic mass is 10.1. The van der Waals surface area contributed by atoms with Gasteiger partial charge in [0, 0.05) is 36.2 Å². The van der Waals surface area contributed by atoms with E-state index in [-0.39, 0.29) is 5.91 Å². The first kappa shape index (κ1) is 17.0. The summed E-state index contributed by atoms with van der Waals surface area (Å²) in [6.07, 6.45) is 0. The van der Waals surface area contributed by atoms with Crippen molar-refractivity contribution < 1.29 is 4.79 Å². The van der Waals surface area contributed by atoms with Crippen LogP contribution < -0.4 is 9.80 Å². The normalized spacial score (nSPS) is 14.0. The molecule has 2 aromatic carbocycles. The largest absolute Gasteiger partial charge is 0.367 e. The number of para-hydroxylation sites is 2. The first-order valence-corrected chi connectivity index (χ1v) is 8.91. The first-order valence-electron chi connectivity index (χ1n) is 8.12. The number of likely N-dealkylation sites (N-methyl/N-ethyl adjacent to an activating group) is 1. The van der Waals surface area contributed by atoms with E-state index in [9.17, 15) is 4.79 Å². The Balaban J connectivity index is 1.86. The standard InChI is InChI=1S/C19H22BrN3O/c1-21(2)11-12-22-13-14-23(18-6-4-3-5-17(18)22)19(24)15-7-9-16(20)10-8-15/h3-10H,11-14H2,1-2H3. The summed E-state index contributed by atoms with van der Waals surface area (Å²) in [4.78, 5) is 19.4. The summed E-state index contributed by atoms with van der Waals surface area (Å²) < 4.78 is 0.980. The van der Waals surface area contributed by atoms with E-state index < -0.39 is 0 Å². The van der Waals surface area contributed by atoms with Crippen LogP contribution in [0.1, 0.15) is 10.4 Å². The summed E-state index contributed by atoms with van der Waals surface area (Å²) in [7, 11) is 4.17. The first-order chi connectivity index (χ1) is 11.6. The second-order valence-electron chi connectivity index (χ2n) is 6.24. The fourth-order valence-corrected chi connectivity index (χ4v) is 3.20. The van der Waals surface area contributed by atoms with Crippen molar-refractivity contribution in [3.63, 3.8) is 0 Å². The van der Waals surface area contributed by atoms with Crippen LogP contribution in [0.15, 0.2) is 53.0 Å². The van der Waals surface area contributed by atoms with Gasteiger partial charge in [-0.1, -0.05) is 28.1 Å². The van der Waals surface area contributed by atoms with Crippen LogP contribution in [0.2, 0.25) is 0 Å². The molecule has 1 aliphatic rings. The third kappa shape index (κ3) is 3.62. The quantitative estimate of drug-likeness (QED) is 0.803. The summed E-state index contributed by atoms with van der Waals surface area (Å²) >= 11 is 3.42. The molecule has 0 spiro atoms. The third-order valence-electron chi connectivity index (χ3n) is 4.26. The van der Waals surface area contributed by atoms with E-state index in [2.05, 4.69) is 45.9 Å². The van der Waals surface area contributed by atoms with Gasteiger partial charge in [0.05, 0.1) is 11.4 Å². The number of benzene rings is 2. The number of nitrogens with zero attached hydrogens (tertiary/aromatic N) is 3. The molecule has 3 rings (SSSR count). The highest BCUT2D eigenvalue weighted by Gasteiger charge is 2.27. The predicted octanol–water partition coefficient (Wildman–Crippen LogP) is 3.48. The molecule has 0 atom stereocenters. The highest BCUT2D eigenvalue weighted by molar-refractivity contribution is 9.10. The topological polar surface area (TPSA) is 26.8 Å². The average Bonchev–Trinajstić information content (AvgIpc) is 2.59. The Hall–Kier alpha value is -1.85. The van der Waals surface area contributed by atoms with Gasteiger partial charge >= 0.3 is 0 Å². The summed E-state index contributed by atoms with van der Waals surface area (Å²) in [5.41, 5.74) is 2.85. The number of fused-ring (bicyclic) bond motifs is 1. The van der Waals surface area contributed by atoms with Crippen molar-refractivity contribution in [3.8, 4) is 0 Å². The van der Waals surface area contributed by atoms with Crippen molar-refractivity contribution >= 4 is 33.2 Å². The molecule has 2 aromatic rings. The van der Waals surface area contributed by atoms with E-state index in [1.54, 1.807) is 0 Å². The van der Waals surface area contributed by atoms with Gasteiger partial charge in [0.1, 0.15) is 0 Å². The molecule has 0 aromatic heterocycles. The maximum atomic E-state index is 12.9. The molecular formula is C19H22BrN3O. The van der Waals surface area contributed by atoms with Gasteiger partial charge in [-0.2, -0.15) is 0 Å². The number of rotatable bonds is 4. The zero-order valence-corrected chi connectivity index (χ0v) is 15.7. The molecule has 0 N–H and O–H groups in total. The maximum Gasteiger partial charge on any atom is 0.258 e. The highest BCUT2D eigenvalue weighted by Crippen LogP contribution is 2.33. The van der Waals surface area contributed by atoms with Crippen LogP contribution in [0.3, 0.4) is 0 Å². The molecule has 5 heteroatoms. The van der Waals surface area contributed by atoms with Crippen molar-refractivity contribution in [2.24, 2.45) is 0 Å². The summed E-state index contributed by atoms with van der Waals surface area (Å²) in [5.74, 6) is 0.0576. The van der Waals surface area contributed by atoms with E-state index in [1.807, 2.05) is 47.4 Å². The lowest BCUT2D eigenvalue weighted by molar-refractivity contribution is 0.0986. The summed E-state index contributed by atoms with van der Waals surface area (Å²) in [5, 5.41) is 0. The van der Waals surface area contributed by atoms with Gasteiger partial charge in [-0.25, -0.2) is 0 Å². The van der Waals surface area contributed by atoms with Gasteiger partial charge in [-0.15, -0.1) is 0 Å². The number of hydrogen-bond donors (Lipinski definition) is 0. The van der Waals surface area contributed by atoms with Gasteiger partial charge in [-0.05, 0) is 50.5 Å².